The molecule has 0 radical (unpaired) electrons. The lowest BCUT2D eigenvalue weighted by Crippen LogP contribution is -2.49. The molecule has 2 atom stereocenters. The average Bonchev–Trinajstić information content (AvgIpc) is 2.77. The molecule has 2 heterocycles. The Bertz CT molecular complexity index is 275. The monoisotopic (exact) mass is 256 g/mol. The number of hydrogen-bond donors (Lipinski definition) is 1. The smallest absolute Gasteiger partial charge is 0.238 e. The van der Waals surface area contributed by atoms with Crippen molar-refractivity contribution in [2.24, 2.45) is 5.92 Å². The van der Waals surface area contributed by atoms with E-state index in [1.807, 2.05) is 18.8 Å². The van der Waals surface area contributed by atoms with Crippen molar-refractivity contribution in [1.29, 1.82) is 0 Å². The number of thioether (sulfide) groups is 1. The third kappa shape index (κ3) is 2.97. The minimum absolute atomic E-state index is 0.123. The number of nitrogens with one attached hydrogen (secondary N) is 1. The molecule has 17 heavy (non-hydrogen) atoms. The zero-order valence-electron chi connectivity index (χ0n) is 11.0. The third-order valence-electron chi connectivity index (χ3n) is 3.97. The van der Waals surface area contributed by atoms with Gasteiger partial charge in [0.2, 0.25) is 5.91 Å². The maximum atomic E-state index is 12.6. The topological polar surface area (TPSA) is 32.3 Å². The van der Waals surface area contributed by atoms with E-state index in [0.29, 0.717) is 11.8 Å². The Morgan fingerprint density at radius 2 is 2.35 bits per heavy atom. The van der Waals surface area contributed by atoms with E-state index in [0.717, 1.165) is 31.8 Å². The molecule has 2 aliphatic heterocycles. The minimum Gasteiger partial charge on any atom is -0.341 e. The SMILES string of the molecule is CNCC1CCCN(C(=O)C2(C)CCCS2)C1. The van der Waals surface area contributed by atoms with Crippen molar-refractivity contribution in [2.75, 3.05) is 32.4 Å². The first kappa shape index (κ1) is 13.2. The lowest BCUT2D eigenvalue weighted by molar-refractivity contribution is -0.135. The predicted octanol–water partition coefficient (Wildman–Crippen LogP) is 1.73. The zero-order valence-corrected chi connectivity index (χ0v) is 11.8. The Morgan fingerprint density at radius 3 is 3.00 bits per heavy atom. The van der Waals surface area contributed by atoms with Gasteiger partial charge in [0.25, 0.3) is 0 Å². The molecule has 2 aliphatic rings. The highest BCUT2D eigenvalue weighted by molar-refractivity contribution is 8.01. The molecule has 4 heteroatoms. The maximum Gasteiger partial charge on any atom is 0.238 e. The number of carbonyl (C=O) groups is 1. The van der Waals surface area contributed by atoms with Crippen LogP contribution in [0.5, 0.6) is 0 Å². The minimum atomic E-state index is -0.123. The molecule has 0 aromatic heterocycles. The number of rotatable bonds is 3. The number of piperidine rings is 1. The maximum absolute atomic E-state index is 12.6. The van der Waals surface area contributed by atoms with Gasteiger partial charge in [-0.25, -0.2) is 0 Å². The number of nitrogens with zero attached hydrogens (tertiary/aromatic N) is 1. The van der Waals surface area contributed by atoms with Crippen LogP contribution in [0.25, 0.3) is 0 Å². The Hall–Kier alpha value is -0.220. The van der Waals surface area contributed by atoms with Gasteiger partial charge in [0.1, 0.15) is 0 Å². The summed E-state index contributed by atoms with van der Waals surface area (Å²) in [5.41, 5.74) is 0. The summed E-state index contributed by atoms with van der Waals surface area (Å²) in [7, 11) is 1.99. The number of likely N-dealkylation sites (tertiary alicyclic amines) is 1. The van der Waals surface area contributed by atoms with E-state index in [4.69, 9.17) is 0 Å². The van der Waals surface area contributed by atoms with E-state index in [9.17, 15) is 4.79 Å². The zero-order chi connectivity index (χ0) is 12.3. The summed E-state index contributed by atoms with van der Waals surface area (Å²) < 4.78 is -0.123. The number of amides is 1. The van der Waals surface area contributed by atoms with E-state index in [2.05, 4.69) is 17.1 Å². The second-order valence-electron chi connectivity index (χ2n) is 5.50. The van der Waals surface area contributed by atoms with Crippen molar-refractivity contribution >= 4 is 17.7 Å². The van der Waals surface area contributed by atoms with E-state index in [1.54, 1.807) is 0 Å². The molecule has 1 amide bonds. The van der Waals surface area contributed by atoms with Crippen LogP contribution in [-0.2, 0) is 4.79 Å². The summed E-state index contributed by atoms with van der Waals surface area (Å²) in [5.74, 6) is 2.18. The fourth-order valence-corrected chi connectivity index (χ4v) is 4.27. The molecule has 0 aromatic rings. The van der Waals surface area contributed by atoms with E-state index >= 15 is 0 Å². The molecular formula is C13H24N2OS. The highest BCUT2D eigenvalue weighted by atomic mass is 32.2. The largest absolute Gasteiger partial charge is 0.341 e. The van der Waals surface area contributed by atoms with Crippen LogP contribution in [0.4, 0.5) is 0 Å². The highest BCUT2D eigenvalue weighted by Crippen LogP contribution is 2.39. The lowest BCUT2D eigenvalue weighted by Gasteiger charge is -2.37. The van der Waals surface area contributed by atoms with Gasteiger partial charge in [-0.05, 0) is 57.9 Å². The van der Waals surface area contributed by atoms with Crippen LogP contribution < -0.4 is 5.32 Å². The first-order valence-corrected chi connectivity index (χ1v) is 7.72. The molecule has 1 N–H and O–H groups in total. The molecule has 2 unspecified atom stereocenters. The lowest BCUT2D eigenvalue weighted by atomic mass is 9.95. The van der Waals surface area contributed by atoms with Crippen molar-refractivity contribution in [2.45, 2.75) is 37.4 Å². The summed E-state index contributed by atoms with van der Waals surface area (Å²) in [6.07, 6.45) is 4.68. The van der Waals surface area contributed by atoms with Gasteiger partial charge in [-0.3, -0.25) is 4.79 Å². The van der Waals surface area contributed by atoms with Gasteiger partial charge in [0, 0.05) is 13.1 Å². The average molecular weight is 256 g/mol. The molecule has 2 saturated heterocycles. The second kappa shape index (κ2) is 5.61. The van der Waals surface area contributed by atoms with Crippen LogP contribution in [0.1, 0.15) is 32.6 Å². The van der Waals surface area contributed by atoms with Gasteiger partial charge in [0.15, 0.2) is 0 Å². The molecule has 0 aromatic carbocycles. The van der Waals surface area contributed by atoms with Crippen LogP contribution in [0, 0.1) is 5.92 Å². The van der Waals surface area contributed by atoms with E-state index < -0.39 is 0 Å². The third-order valence-corrected chi connectivity index (χ3v) is 5.48. The Labute approximate surface area is 109 Å². The molecule has 2 rings (SSSR count). The first-order chi connectivity index (χ1) is 8.15. The number of carbonyl (C=O) groups excluding carboxylic acids is 1. The summed E-state index contributed by atoms with van der Waals surface area (Å²) in [4.78, 5) is 14.7. The van der Waals surface area contributed by atoms with Crippen molar-refractivity contribution in [3.05, 3.63) is 0 Å². The highest BCUT2D eigenvalue weighted by Gasteiger charge is 2.40. The predicted molar refractivity (Wildman–Crippen MR) is 73.3 cm³/mol. The summed E-state index contributed by atoms with van der Waals surface area (Å²) in [5, 5.41) is 3.23. The Morgan fingerprint density at radius 1 is 1.53 bits per heavy atom. The summed E-state index contributed by atoms with van der Waals surface area (Å²) >= 11 is 1.85. The fraction of sp³-hybridized carbons (Fsp3) is 0.923. The Kier molecular flexibility index (Phi) is 4.36. The molecule has 0 aliphatic carbocycles. The molecule has 0 bridgehead atoms. The molecule has 98 valence electrons. The fourth-order valence-electron chi connectivity index (χ4n) is 2.99. The normalized spacial score (nSPS) is 34.0. The van der Waals surface area contributed by atoms with Crippen LogP contribution in [0.2, 0.25) is 0 Å². The molecule has 0 saturated carbocycles. The second-order valence-corrected chi connectivity index (χ2v) is 7.10. The van der Waals surface area contributed by atoms with Gasteiger partial charge in [0.05, 0.1) is 4.75 Å². The van der Waals surface area contributed by atoms with Crippen LogP contribution in [0.15, 0.2) is 0 Å². The van der Waals surface area contributed by atoms with Crippen molar-refractivity contribution in [1.82, 2.24) is 10.2 Å². The van der Waals surface area contributed by atoms with Crippen LogP contribution in [0.3, 0.4) is 0 Å². The van der Waals surface area contributed by atoms with Crippen molar-refractivity contribution in [3.8, 4) is 0 Å². The summed E-state index contributed by atoms with van der Waals surface area (Å²) in [6, 6.07) is 0. The van der Waals surface area contributed by atoms with E-state index in [1.165, 1.54) is 19.3 Å². The molecule has 0 spiro atoms. The standard InChI is InChI=1S/C13H24N2OS/c1-13(6-4-8-17-13)12(16)15-7-3-5-11(10-15)9-14-2/h11,14H,3-10H2,1-2H3. The van der Waals surface area contributed by atoms with Crippen LogP contribution in [-0.4, -0.2) is 48.0 Å². The quantitative estimate of drug-likeness (QED) is 0.834. The molecule has 2 fully saturated rings. The summed E-state index contributed by atoms with van der Waals surface area (Å²) in [6.45, 7) is 5.09. The Balaban J connectivity index is 1.94. The van der Waals surface area contributed by atoms with E-state index in [-0.39, 0.29) is 4.75 Å². The van der Waals surface area contributed by atoms with Gasteiger partial charge >= 0.3 is 0 Å². The van der Waals surface area contributed by atoms with Gasteiger partial charge in [-0.1, -0.05) is 0 Å². The van der Waals surface area contributed by atoms with Gasteiger partial charge in [-0.15, -0.1) is 11.8 Å². The van der Waals surface area contributed by atoms with Crippen molar-refractivity contribution in [3.63, 3.8) is 0 Å². The first-order valence-electron chi connectivity index (χ1n) is 6.73. The molecular weight excluding hydrogens is 232 g/mol. The molecule has 3 nitrogen and oxygen atoms in total. The van der Waals surface area contributed by atoms with Gasteiger partial charge < -0.3 is 10.2 Å². The van der Waals surface area contributed by atoms with Gasteiger partial charge in [-0.2, -0.15) is 0 Å². The van der Waals surface area contributed by atoms with Crippen molar-refractivity contribution < 1.29 is 4.79 Å². The number of hydrogen-bond acceptors (Lipinski definition) is 3. The van der Waals surface area contributed by atoms with Crippen LogP contribution >= 0.6 is 11.8 Å².